The second kappa shape index (κ2) is 4.27. The number of hydrogen-bond donors (Lipinski definition) is 0. The molecule has 0 fully saturated rings. The zero-order chi connectivity index (χ0) is 9.42. The molecule has 0 N–H and O–H groups in total. The van der Waals surface area contributed by atoms with Gasteiger partial charge in [0.15, 0.2) is 0 Å². The van der Waals surface area contributed by atoms with E-state index in [-0.39, 0.29) is 18.9 Å². The summed E-state index contributed by atoms with van der Waals surface area (Å²) in [6.45, 7) is 0. The van der Waals surface area contributed by atoms with Gasteiger partial charge in [0.25, 0.3) is 0 Å². The van der Waals surface area contributed by atoms with Gasteiger partial charge in [-0.2, -0.15) is 0 Å². The number of fused-ring (bicyclic) bond motifs is 1. The molecule has 0 heterocycles. The van der Waals surface area contributed by atoms with Crippen LogP contribution >= 0.6 is 0 Å². The Labute approximate surface area is 95.2 Å². The van der Waals surface area contributed by atoms with Crippen molar-refractivity contribution < 1.29 is 33.4 Å². The minimum absolute atomic E-state index is 0. The third-order valence-corrected chi connectivity index (χ3v) is 2.43. The first-order valence-electron chi connectivity index (χ1n) is 4.17. The molecule has 1 unspecified atom stereocenters. The van der Waals surface area contributed by atoms with Gasteiger partial charge in [-0.25, -0.2) is 0 Å². The second-order valence-corrected chi connectivity index (χ2v) is 3.06. The van der Waals surface area contributed by atoms with Gasteiger partial charge in [-0.1, -0.05) is 6.10 Å². The molecule has 0 saturated heterocycles. The van der Waals surface area contributed by atoms with Crippen LogP contribution < -0.4 is 33.4 Å². The molecule has 3 nitrogen and oxygen atoms in total. The molecule has 1 aromatic rings. The fourth-order valence-corrected chi connectivity index (χ4v) is 1.71. The van der Waals surface area contributed by atoms with Crippen LogP contribution in [0.25, 0.3) is 0 Å². The first-order valence-corrected chi connectivity index (χ1v) is 4.17. The molecular weight excluding hydrogens is 175 g/mol. The van der Waals surface area contributed by atoms with E-state index >= 15 is 0 Å². The molecule has 0 bridgehead atoms. The van der Waals surface area contributed by atoms with E-state index in [9.17, 15) is 5.11 Å². The van der Waals surface area contributed by atoms with E-state index < -0.39 is 6.10 Å². The van der Waals surface area contributed by atoms with Gasteiger partial charge in [-0.3, -0.25) is 0 Å². The summed E-state index contributed by atoms with van der Waals surface area (Å²) in [5.41, 5.74) is 1.77. The van der Waals surface area contributed by atoms with E-state index in [2.05, 4.69) is 0 Å². The van der Waals surface area contributed by atoms with Gasteiger partial charge >= 0.3 is 18.9 Å². The SMILES string of the molecule is COc1ccc(OC)c2c1CC2[O-].[Li+]. The number of rotatable bonds is 2. The van der Waals surface area contributed by atoms with Crippen LogP contribution in [0.3, 0.4) is 0 Å². The zero-order valence-electron chi connectivity index (χ0n) is 8.66. The summed E-state index contributed by atoms with van der Waals surface area (Å²) >= 11 is 0. The molecule has 1 atom stereocenters. The van der Waals surface area contributed by atoms with Crippen LogP contribution in [0.1, 0.15) is 17.2 Å². The molecule has 0 saturated carbocycles. The van der Waals surface area contributed by atoms with Crippen LogP contribution in [-0.4, -0.2) is 14.2 Å². The maximum Gasteiger partial charge on any atom is 1.00 e. The van der Waals surface area contributed by atoms with Crippen LogP contribution in [0, 0.1) is 0 Å². The molecule has 1 aromatic carbocycles. The predicted octanol–water partition coefficient (Wildman–Crippen LogP) is -2.33. The van der Waals surface area contributed by atoms with Crippen LogP contribution in [0.4, 0.5) is 0 Å². The molecule has 0 spiro atoms. The smallest absolute Gasteiger partial charge is 0.848 e. The van der Waals surface area contributed by atoms with E-state index in [1.54, 1.807) is 20.3 Å². The van der Waals surface area contributed by atoms with E-state index in [1.807, 2.05) is 6.07 Å². The summed E-state index contributed by atoms with van der Waals surface area (Å²) in [5, 5.41) is 11.3. The molecule has 1 aliphatic rings. The molecule has 0 amide bonds. The van der Waals surface area contributed by atoms with E-state index in [4.69, 9.17) is 9.47 Å². The summed E-state index contributed by atoms with van der Waals surface area (Å²) in [6.07, 6.45) is -0.0875. The maximum atomic E-state index is 11.3. The Morgan fingerprint density at radius 1 is 1.21 bits per heavy atom. The summed E-state index contributed by atoms with van der Waals surface area (Å²) in [4.78, 5) is 0. The van der Waals surface area contributed by atoms with Crippen molar-refractivity contribution in [2.45, 2.75) is 12.5 Å². The third kappa shape index (κ3) is 1.52. The van der Waals surface area contributed by atoms with Crippen LogP contribution in [0.5, 0.6) is 11.5 Å². The average molecular weight is 186 g/mol. The topological polar surface area (TPSA) is 41.5 Å². The Morgan fingerprint density at radius 3 is 2.29 bits per heavy atom. The van der Waals surface area contributed by atoms with Gasteiger partial charge in [0.05, 0.1) is 14.2 Å². The second-order valence-electron chi connectivity index (χ2n) is 3.06. The summed E-state index contributed by atoms with van der Waals surface area (Å²) in [7, 11) is 3.19. The Balaban J connectivity index is 0.000000980. The van der Waals surface area contributed by atoms with E-state index in [1.165, 1.54) is 0 Å². The molecule has 0 aromatic heterocycles. The first kappa shape index (κ1) is 11.5. The fourth-order valence-electron chi connectivity index (χ4n) is 1.71. The maximum absolute atomic E-state index is 11.3. The summed E-state index contributed by atoms with van der Waals surface area (Å²) in [5.74, 6) is 1.48. The Hall–Kier alpha value is -0.623. The molecule has 0 aliphatic heterocycles. The number of hydrogen-bond acceptors (Lipinski definition) is 3. The Morgan fingerprint density at radius 2 is 1.79 bits per heavy atom. The van der Waals surface area contributed by atoms with Crippen molar-refractivity contribution in [2.75, 3.05) is 14.2 Å². The molecule has 70 valence electrons. The van der Waals surface area contributed by atoms with Crippen molar-refractivity contribution in [3.8, 4) is 11.5 Å². The third-order valence-electron chi connectivity index (χ3n) is 2.43. The van der Waals surface area contributed by atoms with Gasteiger partial charge in [-0.15, -0.1) is 0 Å². The molecule has 1 aliphatic carbocycles. The summed E-state index contributed by atoms with van der Waals surface area (Å²) in [6, 6.07) is 3.62. The molecular formula is C10H11LiO3. The first-order chi connectivity index (χ1) is 6.27. The average Bonchev–Trinajstić information content (AvgIpc) is 2.15. The van der Waals surface area contributed by atoms with Gasteiger partial charge < -0.3 is 14.6 Å². The largest absolute Gasteiger partial charge is 1.00 e. The fraction of sp³-hybridized carbons (Fsp3) is 0.400. The Bertz CT molecular complexity index is 338. The van der Waals surface area contributed by atoms with Crippen LogP contribution in [0.15, 0.2) is 12.1 Å². The predicted molar refractivity (Wildman–Crippen MR) is 46.0 cm³/mol. The van der Waals surface area contributed by atoms with E-state index in [0.29, 0.717) is 12.2 Å². The van der Waals surface area contributed by atoms with Crippen LogP contribution in [-0.2, 0) is 6.42 Å². The van der Waals surface area contributed by atoms with Gasteiger partial charge in [0, 0.05) is 0 Å². The minimum atomic E-state index is -0.639. The van der Waals surface area contributed by atoms with Gasteiger partial charge in [0.2, 0.25) is 0 Å². The van der Waals surface area contributed by atoms with Crippen molar-refractivity contribution in [2.24, 2.45) is 0 Å². The van der Waals surface area contributed by atoms with Gasteiger partial charge in [0.1, 0.15) is 11.5 Å². The van der Waals surface area contributed by atoms with Crippen molar-refractivity contribution >= 4 is 0 Å². The van der Waals surface area contributed by atoms with Crippen molar-refractivity contribution in [3.05, 3.63) is 23.3 Å². The molecule has 4 heteroatoms. The van der Waals surface area contributed by atoms with Crippen molar-refractivity contribution in [1.82, 2.24) is 0 Å². The standard InChI is InChI=1S/C10H11O3.Li/c1-12-8-3-4-9(13-2)10-6(8)5-7(10)11;/h3-4,7H,5H2,1-2H3;/q-1;+1. The summed E-state index contributed by atoms with van der Waals surface area (Å²) < 4.78 is 10.2. The molecule has 0 radical (unpaired) electrons. The van der Waals surface area contributed by atoms with Crippen LogP contribution in [0.2, 0.25) is 0 Å². The zero-order valence-corrected chi connectivity index (χ0v) is 8.66. The quantitative estimate of drug-likeness (QED) is 0.486. The van der Waals surface area contributed by atoms with Crippen molar-refractivity contribution in [3.63, 3.8) is 0 Å². The number of ether oxygens (including phenoxy) is 2. The number of methoxy groups -OCH3 is 2. The number of benzene rings is 1. The molecule has 14 heavy (non-hydrogen) atoms. The minimum Gasteiger partial charge on any atom is -0.848 e. The Kier molecular flexibility index (Phi) is 3.49. The normalized spacial score (nSPS) is 17.5. The molecule has 2 rings (SSSR count). The van der Waals surface area contributed by atoms with E-state index in [0.717, 1.165) is 16.9 Å². The van der Waals surface area contributed by atoms with Crippen molar-refractivity contribution in [1.29, 1.82) is 0 Å². The monoisotopic (exact) mass is 186 g/mol. The van der Waals surface area contributed by atoms with Gasteiger partial charge in [-0.05, 0) is 29.7 Å².